The van der Waals surface area contributed by atoms with Crippen LogP contribution in [0.15, 0.2) is 42.5 Å². The fourth-order valence-corrected chi connectivity index (χ4v) is 5.15. The van der Waals surface area contributed by atoms with E-state index in [2.05, 4.69) is 6.08 Å². The molecule has 0 saturated heterocycles. The predicted molar refractivity (Wildman–Crippen MR) is 68.0 cm³/mol. The quantitative estimate of drug-likeness (QED) is 0.674. The van der Waals surface area contributed by atoms with Gasteiger partial charge in [0.25, 0.3) is 0 Å². The summed E-state index contributed by atoms with van der Waals surface area (Å²) in [5, 5.41) is 0. The molecule has 0 aliphatic heterocycles. The number of alkyl halides is 3. The fourth-order valence-electron chi connectivity index (χ4n) is 1.77. The Kier molecular flexibility index (Phi) is 8.50. The average Bonchev–Trinajstić information content (AvgIpc) is 2.88. The molecule has 0 aromatic heterocycles. The third kappa shape index (κ3) is 4.40. The maximum absolute atomic E-state index is 13.3. The second-order valence-corrected chi connectivity index (χ2v) is 7.40. The third-order valence-corrected chi connectivity index (χ3v) is 6.22. The third-order valence-electron chi connectivity index (χ3n) is 2.57. The van der Waals surface area contributed by atoms with E-state index in [1.54, 1.807) is 6.08 Å². The van der Waals surface area contributed by atoms with Gasteiger partial charge in [-0.1, -0.05) is 0 Å². The Bertz CT molecular complexity index is 400. The molecule has 18 heavy (non-hydrogen) atoms. The van der Waals surface area contributed by atoms with Gasteiger partial charge in [0.2, 0.25) is 0 Å². The van der Waals surface area contributed by atoms with Crippen molar-refractivity contribution >= 4 is 24.8 Å². The van der Waals surface area contributed by atoms with Crippen LogP contribution in [0.3, 0.4) is 0 Å². The van der Waals surface area contributed by atoms with Gasteiger partial charge in [0.1, 0.15) is 0 Å². The van der Waals surface area contributed by atoms with Gasteiger partial charge in [-0.2, -0.15) is 0 Å². The Morgan fingerprint density at radius 3 is 2.33 bits per heavy atom. The van der Waals surface area contributed by atoms with E-state index < -0.39 is 35.8 Å². The van der Waals surface area contributed by atoms with Gasteiger partial charge in [-0.3, -0.25) is 0 Å². The van der Waals surface area contributed by atoms with E-state index in [0.29, 0.717) is 6.42 Å². The van der Waals surface area contributed by atoms with Gasteiger partial charge in [0.15, 0.2) is 0 Å². The summed E-state index contributed by atoms with van der Waals surface area (Å²) in [5.74, 6) is 0. The Balaban J connectivity index is 0.00000144. The molecule has 0 aromatic carbocycles. The van der Waals surface area contributed by atoms with Crippen LogP contribution in [0.1, 0.15) is 12.8 Å². The first-order chi connectivity index (χ1) is 7.68. The van der Waals surface area contributed by atoms with Gasteiger partial charge < -0.3 is 0 Å². The minimum absolute atomic E-state index is 0. The summed E-state index contributed by atoms with van der Waals surface area (Å²) < 4.78 is 40.2. The van der Waals surface area contributed by atoms with E-state index >= 15 is 0 Å². The van der Waals surface area contributed by atoms with Crippen molar-refractivity contribution in [3.05, 3.63) is 42.5 Å². The number of hydrogen-bond acceptors (Lipinski definition) is 0. The average molecular weight is 376 g/mol. The first-order valence-corrected chi connectivity index (χ1v) is 7.59. The van der Waals surface area contributed by atoms with E-state index in [-0.39, 0.29) is 30.4 Å². The normalized spacial score (nSPS) is 18.6. The second-order valence-electron chi connectivity index (χ2n) is 3.73. The molecule has 0 heterocycles. The van der Waals surface area contributed by atoms with Crippen molar-refractivity contribution in [2.45, 2.75) is 25.4 Å². The van der Waals surface area contributed by atoms with E-state index in [4.69, 9.17) is 0 Å². The molecular weight excluding hydrogens is 363 g/mol. The minimum atomic E-state index is -2.90. The van der Waals surface area contributed by atoms with Crippen molar-refractivity contribution < 1.29 is 36.4 Å². The second kappa shape index (κ2) is 8.40. The summed E-state index contributed by atoms with van der Waals surface area (Å²) >= 11 is -1.01. The molecule has 1 unspecified atom stereocenters. The van der Waals surface area contributed by atoms with Crippen molar-refractivity contribution in [2.75, 3.05) is 0 Å². The van der Waals surface area contributed by atoms with Crippen LogP contribution in [0.4, 0.5) is 13.2 Å². The zero-order valence-electron chi connectivity index (χ0n) is 9.41. The van der Waals surface area contributed by atoms with Crippen LogP contribution >= 0.6 is 24.8 Å². The molecular formula is C12H13Cl2F3Zr. The number of halogens is 5. The number of allylic oxidation sites excluding steroid dienone is 8. The van der Waals surface area contributed by atoms with Crippen molar-refractivity contribution in [1.29, 1.82) is 0 Å². The summed E-state index contributed by atoms with van der Waals surface area (Å²) in [5.41, 5.74) is 0.259. The predicted octanol–water partition coefficient (Wildman–Crippen LogP) is 4.57. The first kappa shape index (κ1) is 18.2. The van der Waals surface area contributed by atoms with Gasteiger partial charge >= 0.3 is 104 Å². The maximum atomic E-state index is 13.3. The van der Waals surface area contributed by atoms with Gasteiger partial charge in [0, 0.05) is 0 Å². The van der Waals surface area contributed by atoms with E-state index in [1.165, 1.54) is 9.36 Å². The van der Waals surface area contributed by atoms with Crippen LogP contribution < -0.4 is 0 Å². The topological polar surface area (TPSA) is 0 Å². The molecule has 1 atom stereocenters. The van der Waals surface area contributed by atoms with Crippen LogP contribution in [0.25, 0.3) is 0 Å². The molecule has 0 nitrogen and oxygen atoms in total. The van der Waals surface area contributed by atoms with Crippen LogP contribution in [0.5, 0.6) is 0 Å². The fraction of sp³-hybridized carbons (Fsp3) is 0.333. The molecule has 0 bridgehead atoms. The van der Waals surface area contributed by atoms with Crippen LogP contribution in [0, 0.1) is 0 Å². The summed E-state index contributed by atoms with van der Waals surface area (Å²) in [6.45, 7) is 0. The Hall–Kier alpha value is 0.213. The van der Waals surface area contributed by atoms with E-state index in [1.807, 2.05) is 12.2 Å². The van der Waals surface area contributed by atoms with E-state index in [9.17, 15) is 13.2 Å². The molecule has 0 amide bonds. The van der Waals surface area contributed by atoms with Crippen molar-refractivity contribution in [1.82, 2.24) is 0 Å². The Labute approximate surface area is 128 Å². The Morgan fingerprint density at radius 2 is 1.78 bits per heavy atom. The zero-order chi connectivity index (χ0) is 11.5. The molecule has 0 N–H and O–H groups in total. The summed E-state index contributed by atoms with van der Waals surface area (Å²) in [7, 11) is 0. The molecule has 0 spiro atoms. The zero-order valence-corrected chi connectivity index (χ0v) is 13.5. The SMILES string of the molecule is Cl.Cl.FC(F)C(F)C1=[C]([Zr][C]2=CC=CC2)CC=C1. The molecule has 2 aliphatic carbocycles. The van der Waals surface area contributed by atoms with Crippen molar-refractivity contribution in [3.8, 4) is 0 Å². The van der Waals surface area contributed by atoms with Gasteiger partial charge in [-0.05, 0) is 0 Å². The standard InChI is InChI=1S/C7H6F3.C5H5.2ClH.Zr/c8-6(7(9)10)5-3-1-2-4-5;1-2-4-5-3-1;;;/h1,3,6-7H,2H2;1-3H,4H2;2*1H;. The molecule has 0 saturated carbocycles. The monoisotopic (exact) mass is 374 g/mol. The van der Waals surface area contributed by atoms with Crippen LogP contribution in [-0.2, 0) is 23.2 Å². The van der Waals surface area contributed by atoms with Gasteiger partial charge in [-0.25, -0.2) is 0 Å². The number of rotatable bonds is 4. The molecule has 2 rings (SSSR count). The number of hydrogen-bond donors (Lipinski definition) is 0. The summed E-state index contributed by atoms with van der Waals surface area (Å²) in [4.78, 5) is 0. The molecule has 100 valence electrons. The van der Waals surface area contributed by atoms with Gasteiger partial charge in [-0.15, -0.1) is 24.8 Å². The summed E-state index contributed by atoms with van der Waals surface area (Å²) in [6.07, 6.45) is 6.02. The summed E-state index contributed by atoms with van der Waals surface area (Å²) in [6, 6.07) is 0. The molecule has 0 fully saturated rings. The van der Waals surface area contributed by atoms with Crippen LogP contribution in [-0.4, -0.2) is 12.6 Å². The molecule has 6 heteroatoms. The van der Waals surface area contributed by atoms with E-state index in [0.717, 1.165) is 9.70 Å². The Morgan fingerprint density at radius 1 is 1.06 bits per heavy atom. The molecule has 0 radical (unpaired) electrons. The molecule has 2 aliphatic rings. The molecule has 0 aromatic rings. The van der Waals surface area contributed by atoms with Crippen molar-refractivity contribution in [3.63, 3.8) is 0 Å². The van der Waals surface area contributed by atoms with Gasteiger partial charge in [0.05, 0.1) is 0 Å². The first-order valence-electron chi connectivity index (χ1n) is 5.13. The van der Waals surface area contributed by atoms with Crippen LogP contribution in [0.2, 0.25) is 0 Å². The van der Waals surface area contributed by atoms with Crippen molar-refractivity contribution in [2.24, 2.45) is 0 Å².